The van der Waals surface area contributed by atoms with E-state index in [9.17, 15) is 13.2 Å². The minimum Gasteiger partial charge on any atom is -0.497 e. The monoisotopic (exact) mass is 514 g/mol. The van der Waals surface area contributed by atoms with Crippen LogP contribution < -0.4 is 10.1 Å². The normalized spacial score (nSPS) is 19.7. The van der Waals surface area contributed by atoms with Gasteiger partial charge in [-0.05, 0) is 54.7 Å². The molecule has 6 rings (SSSR count). The molecule has 4 heterocycles. The Kier molecular flexibility index (Phi) is 6.63. The van der Waals surface area contributed by atoms with Crippen molar-refractivity contribution in [2.45, 2.75) is 31.0 Å². The minimum absolute atomic E-state index is 0.0417. The van der Waals surface area contributed by atoms with Crippen molar-refractivity contribution in [3.05, 3.63) is 65.5 Å². The smallest absolute Gasteiger partial charge is 0.490 e. The number of aliphatic carboxylic acids is 1. The maximum Gasteiger partial charge on any atom is 0.490 e. The van der Waals surface area contributed by atoms with Gasteiger partial charge < -0.3 is 30.0 Å². The third-order valence-electron chi connectivity index (χ3n) is 7.39. The van der Waals surface area contributed by atoms with Crippen LogP contribution in [0.1, 0.15) is 23.2 Å². The Hall–Kier alpha value is -3.50. The van der Waals surface area contributed by atoms with Gasteiger partial charge in [0.1, 0.15) is 5.75 Å². The molecule has 2 aromatic carbocycles. The van der Waals surface area contributed by atoms with E-state index in [0.29, 0.717) is 0 Å². The quantitative estimate of drug-likeness (QED) is 0.320. The third-order valence-corrected chi connectivity index (χ3v) is 7.39. The van der Waals surface area contributed by atoms with Gasteiger partial charge in [-0.25, -0.2) is 4.79 Å². The molecule has 0 bridgehead atoms. The lowest BCUT2D eigenvalue weighted by Crippen LogP contribution is -2.49. The van der Waals surface area contributed by atoms with Crippen LogP contribution >= 0.6 is 0 Å². The van der Waals surface area contributed by atoms with Crippen molar-refractivity contribution in [1.82, 2.24) is 20.2 Å². The summed E-state index contributed by atoms with van der Waals surface area (Å²) in [5, 5.41) is 13.7. The van der Waals surface area contributed by atoms with E-state index in [-0.39, 0.29) is 5.54 Å². The average Bonchev–Trinajstić information content (AvgIpc) is 3.59. The fourth-order valence-electron chi connectivity index (χ4n) is 5.58. The van der Waals surface area contributed by atoms with Crippen molar-refractivity contribution >= 4 is 27.8 Å². The molecule has 1 spiro atoms. The van der Waals surface area contributed by atoms with Crippen LogP contribution in [0.25, 0.3) is 21.8 Å². The summed E-state index contributed by atoms with van der Waals surface area (Å²) in [6.45, 7) is 4.32. The van der Waals surface area contributed by atoms with Crippen LogP contribution in [0.4, 0.5) is 13.2 Å². The number of halogens is 3. The number of rotatable bonds is 4. The highest BCUT2D eigenvalue weighted by molar-refractivity contribution is 5.87. The summed E-state index contributed by atoms with van der Waals surface area (Å²) in [5.74, 6) is -1.82. The summed E-state index contributed by atoms with van der Waals surface area (Å²) < 4.78 is 37.2. The second kappa shape index (κ2) is 9.75. The number of likely N-dealkylation sites (tertiary alicyclic amines) is 1. The number of aromatic nitrogens is 2. The first-order valence-electron chi connectivity index (χ1n) is 12.2. The van der Waals surface area contributed by atoms with Gasteiger partial charge in [-0.15, -0.1) is 0 Å². The lowest BCUT2D eigenvalue weighted by atomic mass is 9.86. The highest BCUT2D eigenvalue weighted by Gasteiger charge is 2.44. The summed E-state index contributed by atoms with van der Waals surface area (Å²) in [6, 6.07) is 15.0. The van der Waals surface area contributed by atoms with Crippen molar-refractivity contribution in [2.24, 2.45) is 0 Å². The number of carboxylic acids is 1. The van der Waals surface area contributed by atoms with E-state index in [4.69, 9.17) is 14.6 Å². The second-order valence-electron chi connectivity index (χ2n) is 9.59. The number of para-hydroxylation sites is 1. The molecule has 0 saturated carbocycles. The minimum atomic E-state index is -5.08. The number of fused-ring (bicyclic) bond motifs is 5. The predicted octanol–water partition coefficient (Wildman–Crippen LogP) is 4.58. The van der Waals surface area contributed by atoms with Crippen LogP contribution in [-0.2, 0) is 23.2 Å². The van der Waals surface area contributed by atoms with E-state index < -0.39 is 12.1 Å². The molecule has 196 valence electrons. The Bertz CT molecular complexity index is 1430. The van der Waals surface area contributed by atoms with E-state index in [1.165, 1.54) is 38.6 Å². The van der Waals surface area contributed by atoms with Crippen molar-refractivity contribution < 1.29 is 27.8 Å². The number of methoxy groups -OCH3 is 1. The Balaban J connectivity index is 0.000000355. The first-order chi connectivity index (χ1) is 17.7. The molecule has 2 aliphatic heterocycles. The number of nitrogens with zero attached hydrogens (tertiary/aromatic N) is 1. The average molecular weight is 515 g/mol. The zero-order chi connectivity index (χ0) is 26.2. The van der Waals surface area contributed by atoms with Crippen LogP contribution in [-0.4, -0.2) is 65.4 Å². The van der Waals surface area contributed by atoms with Crippen molar-refractivity contribution in [3.8, 4) is 5.75 Å². The van der Waals surface area contributed by atoms with E-state index in [1.807, 2.05) is 6.07 Å². The molecule has 1 atom stereocenters. The molecule has 0 aliphatic carbocycles. The highest BCUT2D eigenvalue weighted by Crippen LogP contribution is 2.40. The number of hydrogen-bond acceptors (Lipinski definition) is 4. The number of H-pyrrole nitrogens is 2. The van der Waals surface area contributed by atoms with E-state index in [1.54, 1.807) is 7.11 Å². The van der Waals surface area contributed by atoms with E-state index >= 15 is 0 Å². The number of carboxylic acid groups (broad SMARTS) is 1. The van der Waals surface area contributed by atoms with Crippen LogP contribution in [0.15, 0.2) is 48.7 Å². The first-order valence-corrected chi connectivity index (χ1v) is 12.2. The molecular formula is C27H29F3N4O3. The van der Waals surface area contributed by atoms with Gasteiger partial charge in [-0.3, -0.25) is 0 Å². The summed E-state index contributed by atoms with van der Waals surface area (Å²) in [4.78, 5) is 18.7. The zero-order valence-electron chi connectivity index (χ0n) is 20.4. The predicted molar refractivity (Wildman–Crippen MR) is 135 cm³/mol. The van der Waals surface area contributed by atoms with Gasteiger partial charge in [-0.2, -0.15) is 13.2 Å². The maximum absolute atomic E-state index is 10.6. The number of hydrogen-bond donors (Lipinski definition) is 4. The van der Waals surface area contributed by atoms with Crippen molar-refractivity contribution in [2.75, 3.05) is 33.3 Å². The molecule has 0 amide bonds. The standard InChI is InChI=1S/C25H28N4O.C2HF3O2/c1-30-18-6-7-23-21(14-18)20-8-11-27-25(24(20)28-23)10-13-29(16-25)12-9-17-15-26-22-5-3-2-4-19(17)22;3-2(4,5)1(6)7/h2-7,14-15,26-28H,8-13,16H2,1H3;(H,6,7). The van der Waals surface area contributed by atoms with Crippen LogP contribution in [0.3, 0.4) is 0 Å². The molecule has 2 aromatic heterocycles. The van der Waals surface area contributed by atoms with Gasteiger partial charge in [-0.1, -0.05) is 18.2 Å². The number of benzene rings is 2. The topological polar surface area (TPSA) is 93.4 Å². The van der Waals surface area contributed by atoms with Gasteiger partial charge in [0.2, 0.25) is 0 Å². The molecule has 1 saturated heterocycles. The Morgan fingerprint density at radius 3 is 2.70 bits per heavy atom. The summed E-state index contributed by atoms with van der Waals surface area (Å²) in [5.41, 5.74) is 6.79. The van der Waals surface area contributed by atoms with E-state index in [2.05, 4.69) is 62.8 Å². The third kappa shape index (κ3) is 4.91. The SMILES string of the molecule is COc1ccc2[nH]c3c(c2c1)CCNC31CCN(CCc2c[nH]c3ccccc23)C1.O=C(O)C(F)(F)F. The largest absolute Gasteiger partial charge is 0.497 e. The van der Waals surface area contributed by atoms with Crippen molar-refractivity contribution in [3.63, 3.8) is 0 Å². The Morgan fingerprint density at radius 2 is 1.95 bits per heavy atom. The highest BCUT2D eigenvalue weighted by atomic mass is 19.4. The number of ether oxygens (including phenoxy) is 1. The molecule has 4 aromatic rings. The van der Waals surface area contributed by atoms with Gasteiger partial charge in [0.05, 0.1) is 12.6 Å². The van der Waals surface area contributed by atoms with Crippen LogP contribution in [0, 0.1) is 0 Å². The van der Waals surface area contributed by atoms with E-state index in [0.717, 1.165) is 51.2 Å². The lowest BCUT2D eigenvalue weighted by molar-refractivity contribution is -0.192. The van der Waals surface area contributed by atoms with Crippen LogP contribution in [0.5, 0.6) is 5.75 Å². The Morgan fingerprint density at radius 1 is 1.16 bits per heavy atom. The Labute approximate surface area is 211 Å². The lowest BCUT2D eigenvalue weighted by Gasteiger charge is -2.35. The number of alkyl halides is 3. The molecular weight excluding hydrogens is 485 g/mol. The molecule has 10 heteroatoms. The molecule has 0 radical (unpaired) electrons. The fraction of sp³-hybridized carbons (Fsp3) is 0.370. The molecule has 2 aliphatic rings. The van der Waals surface area contributed by atoms with Gasteiger partial charge in [0, 0.05) is 59.9 Å². The van der Waals surface area contributed by atoms with Crippen LogP contribution in [0.2, 0.25) is 0 Å². The van der Waals surface area contributed by atoms with Gasteiger partial charge >= 0.3 is 12.1 Å². The summed E-state index contributed by atoms with van der Waals surface area (Å²) in [6.07, 6.45) is 0.396. The maximum atomic E-state index is 10.6. The summed E-state index contributed by atoms with van der Waals surface area (Å²) in [7, 11) is 1.74. The molecule has 1 unspecified atom stereocenters. The first kappa shape index (κ1) is 25.2. The summed E-state index contributed by atoms with van der Waals surface area (Å²) >= 11 is 0. The van der Waals surface area contributed by atoms with Crippen molar-refractivity contribution in [1.29, 1.82) is 0 Å². The fourth-order valence-corrected chi connectivity index (χ4v) is 5.58. The number of carbonyl (C=O) groups is 1. The second-order valence-corrected chi connectivity index (χ2v) is 9.59. The molecule has 1 fully saturated rings. The van der Waals surface area contributed by atoms with Gasteiger partial charge in [0.25, 0.3) is 0 Å². The zero-order valence-corrected chi connectivity index (χ0v) is 20.4. The molecule has 4 N–H and O–H groups in total. The molecule has 7 nitrogen and oxygen atoms in total. The number of aromatic amines is 2. The number of nitrogens with one attached hydrogen (secondary N) is 3. The van der Waals surface area contributed by atoms with Gasteiger partial charge in [0.15, 0.2) is 0 Å². The molecule has 37 heavy (non-hydrogen) atoms.